The number of rotatable bonds is 6. The van der Waals surface area contributed by atoms with Gasteiger partial charge < -0.3 is 10.2 Å². The maximum Gasteiger partial charge on any atom is 0.243 e. The Morgan fingerprint density at radius 1 is 1.07 bits per heavy atom. The van der Waals surface area contributed by atoms with Crippen molar-refractivity contribution in [2.24, 2.45) is 5.92 Å². The summed E-state index contributed by atoms with van der Waals surface area (Å²) in [6.07, 6.45) is 0.784. The number of carbonyl (C=O) groups is 2. The van der Waals surface area contributed by atoms with Crippen molar-refractivity contribution < 1.29 is 9.59 Å². The van der Waals surface area contributed by atoms with Crippen LogP contribution in [0.4, 0.5) is 0 Å². The molecule has 0 bridgehead atoms. The van der Waals surface area contributed by atoms with E-state index >= 15 is 0 Å². The van der Waals surface area contributed by atoms with Crippen molar-refractivity contribution in [2.75, 3.05) is 12.3 Å². The Morgan fingerprint density at radius 3 is 2.33 bits per heavy atom. The molecular weight excluding hydrogens is 356 g/mol. The molecule has 1 aliphatic rings. The van der Waals surface area contributed by atoms with Gasteiger partial charge in [0, 0.05) is 18.2 Å². The number of hydrogen-bond acceptors (Lipinski definition) is 3. The molecule has 0 spiro atoms. The topological polar surface area (TPSA) is 49.4 Å². The predicted octanol–water partition coefficient (Wildman–Crippen LogP) is 3.64. The van der Waals surface area contributed by atoms with Crippen molar-refractivity contribution in [2.45, 2.75) is 31.7 Å². The van der Waals surface area contributed by atoms with E-state index in [1.807, 2.05) is 62.4 Å². The zero-order valence-electron chi connectivity index (χ0n) is 15.8. The zero-order chi connectivity index (χ0) is 19.2. The lowest BCUT2D eigenvalue weighted by Crippen LogP contribution is -2.49. The Balaban J connectivity index is 1.69. The SMILES string of the molecule is CC(C)C(=O)N1[C@@H](c2ccccc2)SC[C@H]1C(=O)NCCc1ccccc1. The Kier molecular flexibility index (Phi) is 6.56. The summed E-state index contributed by atoms with van der Waals surface area (Å²) in [7, 11) is 0. The van der Waals surface area contributed by atoms with E-state index in [1.165, 1.54) is 5.56 Å². The van der Waals surface area contributed by atoms with Gasteiger partial charge in [-0.1, -0.05) is 74.5 Å². The lowest BCUT2D eigenvalue weighted by Gasteiger charge is -2.30. The molecule has 0 radical (unpaired) electrons. The van der Waals surface area contributed by atoms with Gasteiger partial charge in [0.25, 0.3) is 0 Å². The maximum atomic E-state index is 12.9. The van der Waals surface area contributed by atoms with Crippen molar-refractivity contribution in [3.63, 3.8) is 0 Å². The second-order valence-corrected chi connectivity index (χ2v) is 8.15. The van der Waals surface area contributed by atoms with Gasteiger partial charge in [-0.25, -0.2) is 0 Å². The number of nitrogens with one attached hydrogen (secondary N) is 1. The first-order chi connectivity index (χ1) is 13.1. The third kappa shape index (κ3) is 4.72. The second kappa shape index (κ2) is 9.09. The van der Waals surface area contributed by atoms with Crippen molar-refractivity contribution >= 4 is 23.6 Å². The smallest absolute Gasteiger partial charge is 0.243 e. The first kappa shape index (κ1) is 19.5. The van der Waals surface area contributed by atoms with Gasteiger partial charge in [-0.2, -0.15) is 0 Å². The molecule has 4 nitrogen and oxygen atoms in total. The van der Waals surface area contributed by atoms with Crippen LogP contribution < -0.4 is 5.32 Å². The van der Waals surface area contributed by atoms with Crippen molar-refractivity contribution in [3.05, 3.63) is 71.8 Å². The van der Waals surface area contributed by atoms with E-state index in [1.54, 1.807) is 16.7 Å². The first-order valence-electron chi connectivity index (χ1n) is 9.38. The van der Waals surface area contributed by atoms with Crippen LogP contribution in [-0.4, -0.2) is 35.1 Å². The summed E-state index contributed by atoms with van der Waals surface area (Å²) in [6, 6.07) is 19.6. The average molecular weight is 383 g/mol. The minimum atomic E-state index is -0.425. The van der Waals surface area contributed by atoms with Gasteiger partial charge in [0.15, 0.2) is 0 Å². The van der Waals surface area contributed by atoms with Gasteiger partial charge in [0.2, 0.25) is 11.8 Å². The summed E-state index contributed by atoms with van der Waals surface area (Å²) < 4.78 is 0. The molecule has 1 heterocycles. The normalized spacial score (nSPS) is 19.3. The lowest BCUT2D eigenvalue weighted by atomic mass is 10.1. The molecule has 1 N–H and O–H groups in total. The molecule has 0 saturated carbocycles. The molecule has 2 aromatic rings. The van der Waals surface area contributed by atoms with E-state index < -0.39 is 6.04 Å². The van der Waals surface area contributed by atoms with Gasteiger partial charge in [-0.3, -0.25) is 9.59 Å². The Labute approximate surface area is 165 Å². The van der Waals surface area contributed by atoms with E-state index in [2.05, 4.69) is 17.4 Å². The summed E-state index contributed by atoms with van der Waals surface area (Å²) in [4.78, 5) is 27.5. The zero-order valence-corrected chi connectivity index (χ0v) is 16.6. The molecule has 2 amide bonds. The summed E-state index contributed by atoms with van der Waals surface area (Å²) in [5.41, 5.74) is 2.26. The van der Waals surface area contributed by atoms with Crippen molar-refractivity contribution in [1.82, 2.24) is 10.2 Å². The summed E-state index contributed by atoms with van der Waals surface area (Å²) in [6.45, 7) is 4.35. The van der Waals surface area contributed by atoms with Crippen LogP contribution in [0.3, 0.4) is 0 Å². The van der Waals surface area contributed by atoms with Crippen LogP contribution in [-0.2, 0) is 16.0 Å². The number of thioether (sulfide) groups is 1. The minimum Gasteiger partial charge on any atom is -0.354 e. The standard InChI is InChI=1S/C22H26N2O2S/c1-16(2)21(26)24-19(15-27-22(24)18-11-7-4-8-12-18)20(25)23-14-13-17-9-5-3-6-10-17/h3-12,16,19,22H,13-15H2,1-2H3,(H,23,25)/t19-,22+/m0/s1. The molecule has 5 heteroatoms. The third-order valence-corrected chi connectivity index (χ3v) is 6.02. The summed E-state index contributed by atoms with van der Waals surface area (Å²) in [5, 5.41) is 2.92. The highest BCUT2D eigenvalue weighted by atomic mass is 32.2. The minimum absolute atomic E-state index is 0.0251. The highest BCUT2D eigenvalue weighted by Gasteiger charge is 2.42. The summed E-state index contributed by atoms with van der Waals surface area (Å²) >= 11 is 1.66. The monoisotopic (exact) mass is 382 g/mol. The maximum absolute atomic E-state index is 12.9. The molecule has 1 fully saturated rings. The Morgan fingerprint density at radius 2 is 1.70 bits per heavy atom. The van der Waals surface area contributed by atoms with Crippen LogP contribution in [0, 0.1) is 5.92 Å². The number of hydrogen-bond donors (Lipinski definition) is 1. The largest absolute Gasteiger partial charge is 0.354 e. The fraction of sp³-hybridized carbons (Fsp3) is 0.364. The van der Waals surface area contributed by atoms with E-state index in [0.717, 1.165) is 12.0 Å². The number of carbonyl (C=O) groups excluding carboxylic acids is 2. The van der Waals surface area contributed by atoms with Gasteiger partial charge in [0.05, 0.1) is 0 Å². The second-order valence-electron chi connectivity index (χ2n) is 7.04. The fourth-order valence-corrected chi connectivity index (χ4v) is 4.68. The van der Waals surface area contributed by atoms with Crippen LogP contribution in [0.2, 0.25) is 0 Å². The predicted molar refractivity (Wildman–Crippen MR) is 110 cm³/mol. The molecule has 142 valence electrons. The molecule has 2 atom stereocenters. The van der Waals surface area contributed by atoms with Gasteiger partial charge in [-0.15, -0.1) is 11.8 Å². The van der Waals surface area contributed by atoms with Crippen LogP contribution in [0.25, 0.3) is 0 Å². The molecule has 0 aromatic heterocycles. The molecule has 1 aliphatic heterocycles. The van der Waals surface area contributed by atoms with Crippen molar-refractivity contribution in [1.29, 1.82) is 0 Å². The van der Waals surface area contributed by atoms with Gasteiger partial charge in [-0.05, 0) is 17.5 Å². The average Bonchev–Trinajstić information content (AvgIpc) is 3.14. The highest BCUT2D eigenvalue weighted by Crippen LogP contribution is 2.42. The fourth-order valence-electron chi connectivity index (χ4n) is 3.24. The quantitative estimate of drug-likeness (QED) is 0.830. The van der Waals surface area contributed by atoms with Gasteiger partial charge >= 0.3 is 0 Å². The van der Waals surface area contributed by atoms with Crippen LogP contribution in [0.1, 0.15) is 30.3 Å². The van der Waals surface area contributed by atoms with E-state index in [4.69, 9.17) is 0 Å². The number of amides is 2. The Bertz CT molecular complexity index is 764. The van der Waals surface area contributed by atoms with Crippen LogP contribution in [0.5, 0.6) is 0 Å². The summed E-state index contributed by atoms with van der Waals surface area (Å²) in [5.74, 6) is 0.437. The van der Waals surface area contributed by atoms with E-state index in [9.17, 15) is 9.59 Å². The molecule has 27 heavy (non-hydrogen) atoms. The molecule has 3 rings (SSSR count). The lowest BCUT2D eigenvalue weighted by molar-refractivity contribution is -0.142. The highest BCUT2D eigenvalue weighted by molar-refractivity contribution is 7.99. The molecule has 0 aliphatic carbocycles. The van der Waals surface area contributed by atoms with Crippen molar-refractivity contribution in [3.8, 4) is 0 Å². The first-order valence-corrected chi connectivity index (χ1v) is 10.4. The number of nitrogens with zero attached hydrogens (tertiary/aromatic N) is 1. The van der Waals surface area contributed by atoms with E-state index in [-0.39, 0.29) is 23.1 Å². The van der Waals surface area contributed by atoms with E-state index in [0.29, 0.717) is 12.3 Å². The molecule has 2 aromatic carbocycles. The Hall–Kier alpha value is -2.27. The number of benzene rings is 2. The van der Waals surface area contributed by atoms with Crippen LogP contribution >= 0.6 is 11.8 Å². The van der Waals surface area contributed by atoms with Crippen LogP contribution in [0.15, 0.2) is 60.7 Å². The third-order valence-electron chi connectivity index (χ3n) is 4.69. The molecule has 1 saturated heterocycles. The molecular formula is C22H26N2O2S. The molecule has 0 unspecified atom stereocenters. The van der Waals surface area contributed by atoms with Gasteiger partial charge in [0.1, 0.15) is 11.4 Å².